The average Bonchev–Trinajstić information content (AvgIpc) is 2.67. The van der Waals surface area contributed by atoms with Gasteiger partial charge in [-0.1, -0.05) is 23.7 Å². The van der Waals surface area contributed by atoms with Crippen molar-refractivity contribution in [1.29, 1.82) is 0 Å². The van der Waals surface area contributed by atoms with E-state index in [2.05, 4.69) is 0 Å². The van der Waals surface area contributed by atoms with E-state index in [1.165, 1.54) is 0 Å². The monoisotopic (exact) mass is 393 g/mol. The molecule has 5 nitrogen and oxygen atoms in total. The molecule has 2 N–H and O–H groups in total. The highest BCUT2D eigenvalue weighted by molar-refractivity contribution is 6.30. The maximum Gasteiger partial charge on any atom is 0.253 e. The minimum atomic E-state index is -0.0314. The van der Waals surface area contributed by atoms with Crippen LogP contribution >= 0.6 is 24.0 Å². The third-order valence-electron chi connectivity index (χ3n) is 4.38. The summed E-state index contributed by atoms with van der Waals surface area (Å²) in [7, 11) is 0. The molecule has 3 rings (SSSR count). The Labute approximate surface area is 164 Å². The highest BCUT2D eigenvalue weighted by atomic mass is 35.5. The molecular weight excluding hydrogens is 373 g/mol. The van der Waals surface area contributed by atoms with Gasteiger partial charge in [0.05, 0.1) is 0 Å². The molecule has 0 aliphatic carbocycles. The zero-order chi connectivity index (χ0) is 17.8. The zero-order valence-electron chi connectivity index (χ0n) is 14.2. The largest absolute Gasteiger partial charge is 0.335 e. The Balaban J connectivity index is 0.00000243. The van der Waals surface area contributed by atoms with Crippen molar-refractivity contribution in [1.82, 2.24) is 9.80 Å². The minimum absolute atomic E-state index is 0. The standard InChI is InChI=1S/C19H20ClN3O2.ClH/c20-17-7-5-16(6-8-17)19(25)23-11-9-22(10-12-23)18(24)15-3-1-14(13-21)2-4-15;/h1-8H,9-13,21H2;1H. The fourth-order valence-corrected chi connectivity index (χ4v) is 2.98. The van der Waals surface area contributed by atoms with Crippen molar-refractivity contribution in [3.05, 3.63) is 70.2 Å². The topological polar surface area (TPSA) is 66.6 Å². The second-order valence-corrected chi connectivity index (χ2v) is 6.43. The molecule has 2 aromatic rings. The first kappa shape index (κ1) is 20.2. The number of amides is 2. The Morgan fingerprint density at radius 1 is 0.808 bits per heavy atom. The summed E-state index contributed by atoms with van der Waals surface area (Å²) in [6.45, 7) is 2.55. The first-order valence-corrected chi connectivity index (χ1v) is 8.59. The number of hydrogen-bond donors (Lipinski definition) is 1. The summed E-state index contributed by atoms with van der Waals surface area (Å²) in [6, 6.07) is 14.2. The molecule has 0 saturated carbocycles. The van der Waals surface area contributed by atoms with Gasteiger partial charge in [-0.05, 0) is 42.0 Å². The van der Waals surface area contributed by atoms with Gasteiger partial charge in [0.1, 0.15) is 0 Å². The molecule has 7 heteroatoms. The summed E-state index contributed by atoms with van der Waals surface area (Å²) in [6.07, 6.45) is 0. The third kappa shape index (κ3) is 4.55. The molecule has 0 bridgehead atoms. The van der Waals surface area contributed by atoms with Crippen LogP contribution in [-0.4, -0.2) is 47.8 Å². The lowest BCUT2D eigenvalue weighted by Gasteiger charge is -2.35. The van der Waals surface area contributed by atoms with Crippen LogP contribution in [-0.2, 0) is 6.54 Å². The second-order valence-electron chi connectivity index (χ2n) is 5.99. The van der Waals surface area contributed by atoms with Gasteiger partial charge in [-0.15, -0.1) is 12.4 Å². The van der Waals surface area contributed by atoms with E-state index in [9.17, 15) is 9.59 Å². The predicted molar refractivity (Wildman–Crippen MR) is 105 cm³/mol. The molecule has 2 amide bonds. The normalized spacial score (nSPS) is 13.9. The van der Waals surface area contributed by atoms with E-state index in [4.69, 9.17) is 17.3 Å². The van der Waals surface area contributed by atoms with Crippen molar-refractivity contribution < 1.29 is 9.59 Å². The van der Waals surface area contributed by atoms with Crippen LogP contribution in [0.4, 0.5) is 0 Å². The number of piperazine rings is 1. The van der Waals surface area contributed by atoms with Crippen molar-refractivity contribution in [2.75, 3.05) is 26.2 Å². The fraction of sp³-hybridized carbons (Fsp3) is 0.263. The highest BCUT2D eigenvalue weighted by Crippen LogP contribution is 2.15. The van der Waals surface area contributed by atoms with E-state index in [-0.39, 0.29) is 24.2 Å². The van der Waals surface area contributed by atoms with E-state index in [1.54, 1.807) is 46.2 Å². The Morgan fingerprint density at radius 3 is 1.58 bits per heavy atom. The van der Waals surface area contributed by atoms with Crippen molar-refractivity contribution >= 4 is 35.8 Å². The number of carbonyl (C=O) groups is 2. The van der Waals surface area contributed by atoms with Crippen LogP contribution in [0.15, 0.2) is 48.5 Å². The molecule has 0 spiro atoms. The number of rotatable bonds is 3. The number of carbonyl (C=O) groups excluding carboxylic acids is 2. The number of nitrogens with zero attached hydrogens (tertiary/aromatic N) is 2. The van der Waals surface area contributed by atoms with Gasteiger partial charge in [-0.2, -0.15) is 0 Å². The van der Waals surface area contributed by atoms with Gasteiger partial charge in [0, 0.05) is 48.9 Å². The molecule has 26 heavy (non-hydrogen) atoms. The van der Waals surface area contributed by atoms with Gasteiger partial charge in [0.25, 0.3) is 11.8 Å². The Bertz CT molecular complexity index is 755. The van der Waals surface area contributed by atoms with Crippen LogP contribution in [0.25, 0.3) is 0 Å². The lowest BCUT2D eigenvalue weighted by Crippen LogP contribution is -2.50. The van der Waals surface area contributed by atoms with E-state index in [0.29, 0.717) is 48.9 Å². The zero-order valence-corrected chi connectivity index (χ0v) is 15.8. The lowest BCUT2D eigenvalue weighted by molar-refractivity contribution is 0.0535. The molecule has 2 aromatic carbocycles. The van der Waals surface area contributed by atoms with Crippen molar-refractivity contribution in [3.63, 3.8) is 0 Å². The smallest absolute Gasteiger partial charge is 0.253 e. The maximum atomic E-state index is 12.6. The van der Waals surface area contributed by atoms with Crippen LogP contribution in [0.1, 0.15) is 26.3 Å². The van der Waals surface area contributed by atoms with Crippen LogP contribution in [0.2, 0.25) is 5.02 Å². The number of halogens is 2. The summed E-state index contributed by atoms with van der Waals surface area (Å²) in [5.41, 5.74) is 7.83. The summed E-state index contributed by atoms with van der Waals surface area (Å²) in [4.78, 5) is 28.6. The molecule has 1 aliphatic heterocycles. The van der Waals surface area contributed by atoms with E-state index in [0.717, 1.165) is 5.56 Å². The predicted octanol–water partition coefficient (Wildman–Crippen LogP) is 2.82. The molecule has 0 radical (unpaired) electrons. The molecule has 1 heterocycles. The van der Waals surface area contributed by atoms with Gasteiger partial charge >= 0.3 is 0 Å². The number of benzene rings is 2. The van der Waals surface area contributed by atoms with Crippen LogP contribution in [0, 0.1) is 0 Å². The second kappa shape index (κ2) is 9.03. The lowest BCUT2D eigenvalue weighted by atomic mass is 10.1. The first-order chi connectivity index (χ1) is 12.1. The molecule has 0 aromatic heterocycles. The average molecular weight is 394 g/mol. The van der Waals surface area contributed by atoms with Crippen molar-refractivity contribution in [3.8, 4) is 0 Å². The van der Waals surface area contributed by atoms with Crippen LogP contribution in [0.5, 0.6) is 0 Å². The SMILES string of the molecule is Cl.NCc1ccc(C(=O)N2CCN(C(=O)c3ccc(Cl)cc3)CC2)cc1. The molecule has 0 unspecified atom stereocenters. The first-order valence-electron chi connectivity index (χ1n) is 8.21. The summed E-state index contributed by atoms with van der Waals surface area (Å²) in [5, 5.41) is 0.604. The van der Waals surface area contributed by atoms with E-state index >= 15 is 0 Å². The Hall–Kier alpha value is -2.08. The van der Waals surface area contributed by atoms with E-state index < -0.39 is 0 Å². The third-order valence-corrected chi connectivity index (χ3v) is 4.63. The summed E-state index contributed by atoms with van der Waals surface area (Å²) < 4.78 is 0. The van der Waals surface area contributed by atoms with Crippen molar-refractivity contribution in [2.45, 2.75) is 6.54 Å². The minimum Gasteiger partial charge on any atom is -0.335 e. The maximum absolute atomic E-state index is 12.6. The van der Waals surface area contributed by atoms with Crippen molar-refractivity contribution in [2.24, 2.45) is 5.73 Å². The van der Waals surface area contributed by atoms with E-state index in [1.807, 2.05) is 12.1 Å². The summed E-state index contributed by atoms with van der Waals surface area (Å²) >= 11 is 5.86. The molecule has 1 aliphatic rings. The molecule has 0 atom stereocenters. The van der Waals surface area contributed by atoms with Crippen LogP contribution < -0.4 is 5.73 Å². The van der Waals surface area contributed by atoms with Gasteiger partial charge < -0.3 is 15.5 Å². The van der Waals surface area contributed by atoms with Gasteiger partial charge in [-0.25, -0.2) is 0 Å². The highest BCUT2D eigenvalue weighted by Gasteiger charge is 2.25. The fourth-order valence-electron chi connectivity index (χ4n) is 2.85. The molecule has 138 valence electrons. The molecular formula is C19H21Cl2N3O2. The number of hydrogen-bond acceptors (Lipinski definition) is 3. The number of nitrogens with two attached hydrogens (primary N) is 1. The molecule has 1 fully saturated rings. The van der Waals surface area contributed by atoms with Gasteiger partial charge in [-0.3, -0.25) is 9.59 Å². The van der Waals surface area contributed by atoms with Gasteiger partial charge in [0.15, 0.2) is 0 Å². The Morgan fingerprint density at radius 2 is 1.19 bits per heavy atom. The van der Waals surface area contributed by atoms with Gasteiger partial charge in [0.2, 0.25) is 0 Å². The Kier molecular flexibility index (Phi) is 7.03. The quantitative estimate of drug-likeness (QED) is 0.871. The van der Waals surface area contributed by atoms with Crippen LogP contribution in [0.3, 0.4) is 0 Å². The molecule has 1 saturated heterocycles. The summed E-state index contributed by atoms with van der Waals surface area (Å²) in [5.74, 6) is -0.0433.